The summed E-state index contributed by atoms with van der Waals surface area (Å²) in [5.41, 5.74) is -0.520. The fourth-order valence-electron chi connectivity index (χ4n) is 0.995. The molecule has 0 saturated carbocycles. The Balaban J connectivity index is 3.41. The van der Waals surface area contributed by atoms with Crippen molar-refractivity contribution in [1.29, 1.82) is 0 Å². The molecule has 1 aromatic carbocycles. The van der Waals surface area contributed by atoms with Crippen molar-refractivity contribution in [2.24, 2.45) is 0 Å². The fourth-order valence-corrected chi connectivity index (χ4v) is 0.995. The fraction of sp³-hybridized carbons (Fsp3) is 0.333. The summed E-state index contributed by atoms with van der Waals surface area (Å²) in [4.78, 5) is 0. The highest BCUT2D eigenvalue weighted by atomic mass is 16.5. The smallest absolute Gasteiger partial charge is 0.488 e. The van der Waals surface area contributed by atoms with Crippen LogP contribution >= 0.6 is 0 Å². The van der Waals surface area contributed by atoms with Crippen molar-refractivity contribution in [2.45, 2.75) is 13.2 Å². The molecule has 0 aliphatic heterocycles. The summed E-state index contributed by atoms with van der Waals surface area (Å²) in [7, 11) is -0.617. The molecule has 2 N–H and O–H groups in total. The number of hydrogen-bond acceptors (Lipinski definition) is 3. The maximum atomic E-state index is 9.20. The van der Waals surface area contributed by atoms with E-state index in [-0.39, 0.29) is 16.8 Å². The zero-order chi connectivity index (χ0) is 14.1. The first-order valence-electron chi connectivity index (χ1n) is 6.16. The van der Waals surface area contributed by atoms with Crippen LogP contribution in [0.15, 0.2) is 18.2 Å². The molecule has 0 radical (unpaired) electrons. The molecule has 0 fully saturated rings. The highest BCUT2D eigenvalue weighted by molar-refractivity contribution is 6.59. The molecule has 0 atom stereocenters. The number of hydrogen-bond donors (Lipinski definition) is 2. The molecule has 0 spiro atoms. The molecule has 1 rings (SSSR count). The van der Waals surface area contributed by atoms with E-state index in [1.165, 1.54) is 25.3 Å². The van der Waals surface area contributed by atoms with Gasteiger partial charge in [0.15, 0.2) is 0 Å². The van der Waals surface area contributed by atoms with Crippen LogP contribution in [0.1, 0.15) is 19.3 Å². The van der Waals surface area contributed by atoms with Gasteiger partial charge in [-0.05, 0) is 29.5 Å². The first kappa shape index (κ1) is 5.03. The van der Waals surface area contributed by atoms with Crippen molar-refractivity contribution < 1.29 is 21.6 Å². The van der Waals surface area contributed by atoms with Crippen LogP contribution in [0.4, 0.5) is 0 Å². The van der Waals surface area contributed by atoms with Crippen LogP contribution < -0.4 is 10.2 Å². The van der Waals surface area contributed by atoms with Crippen molar-refractivity contribution in [3.8, 4) is 5.75 Å². The van der Waals surface area contributed by atoms with Crippen molar-refractivity contribution in [3.63, 3.8) is 0 Å². The third-order valence-corrected chi connectivity index (χ3v) is 1.67. The SMILES string of the molecule is [2H]C([2H])([2H])C([2H])([2H])c1ccc(OC)cc1B(O)O. The van der Waals surface area contributed by atoms with E-state index in [1.807, 2.05) is 0 Å². The Bertz CT molecular complexity index is 433. The zero-order valence-electron chi connectivity index (χ0n) is 12.1. The molecule has 3 nitrogen and oxygen atoms in total. The molecule has 0 saturated heterocycles. The Morgan fingerprint density at radius 1 is 1.62 bits per heavy atom. The highest BCUT2D eigenvalue weighted by Crippen LogP contribution is 2.10. The van der Waals surface area contributed by atoms with Crippen molar-refractivity contribution in [3.05, 3.63) is 23.8 Å². The average Bonchev–Trinajstić information content (AvgIpc) is 2.26. The summed E-state index contributed by atoms with van der Waals surface area (Å²) >= 11 is 0. The Kier molecular flexibility index (Phi) is 1.66. The van der Waals surface area contributed by atoms with Crippen LogP contribution in [0.3, 0.4) is 0 Å². The molecule has 13 heavy (non-hydrogen) atoms. The van der Waals surface area contributed by atoms with Crippen LogP contribution in [-0.2, 0) is 6.37 Å². The van der Waals surface area contributed by atoms with E-state index in [0.29, 0.717) is 0 Å². The first-order valence-corrected chi connectivity index (χ1v) is 3.66. The average molecular weight is 185 g/mol. The Morgan fingerprint density at radius 2 is 2.38 bits per heavy atom. The molecule has 0 aliphatic carbocycles. The number of methoxy groups -OCH3 is 1. The van der Waals surface area contributed by atoms with Gasteiger partial charge in [0.05, 0.1) is 7.11 Å². The van der Waals surface area contributed by atoms with E-state index >= 15 is 0 Å². The van der Waals surface area contributed by atoms with Gasteiger partial charge in [-0.2, -0.15) is 0 Å². The molecule has 0 bridgehead atoms. The summed E-state index contributed by atoms with van der Waals surface area (Å²) in [6.45, 7) is -2.91. The molecule has 4 heteroatoms. The number of ether oxygens (including phenoxy) is 1. The third-order valence-electron chi connectivity index (χ3n) is 1.67. The summed E-state index contributed by atoms with van der Waals surface area (Å²) in [5.74, 6) is 0.281. The van der Waals surface area contributed by atoms with Crippen molar-refractivity contribution in [2.75, 3.05) is 7.11 Å². The maximum Gasteiger partial charge on any atom is 0.488 e. The minimum atomic E-state index is -2.91. The lowest BCUT2D eigenvalue weighted by molar-refractivity contribution is 0.411. The molecule has 0 unspecified atom stereocenters. The second-order valence-electron chi connectivity index (χ2n) is 2.45. The minimum absolute atomic E-state index is 0.226. The number of rotatable bonds is 3. The van der Waals surface area contributed by atoms with Crippen LogP contribution in [0.25, 0.3) is 0 Å². The molecular formula is C9H13BO3. The second-order valence-corrected chi connectivity index (χ2v) is 2.45. The first-order chi connectivity index (χ1) is 8.11. The van der Waals surface area contributed by atoms with E-state index < -0.39 is 20.3 Å². The minimum Gasteiger partial charge on any atom is -0.497 e. The molecule has 0 amide bonds. The summed E-state index contributed by atoms with van der Waals surface area (Å²) in [6, 6.07) is 3.74. The standard InChI is InChI=1S/C9H13BO3/c1-3-7-4-5-8(13-2)6-9(7)10(11)12/h4-6,11-12H,3H2,1-2H3/i1D3,3D2. The predicted molar refractivity (Wildman–Crippen MR) is 52.2 cm³/mol. The zero-order valence-corrected chi connectivity index (χ0v) is 7.11. The van der Waals surface area contributed by atoms with Gasteiger partial charge in [-0.25, -0.2) is 0 Å². The van der Waals surface area contributed by atoms with E-state index in [0.717, 1.165) is 0 Å². The van der Waals surface area contributed by atoms with E-state index in [9.17, 15) is 10.0 Å². The second kappa shape index (κ2) is 4.30. The molecule has 70 valence electrons. The van der Waals surface area contributed by atoms with Gasteiger partial charge in [-0.15, -0.1) is 0 Å². The lowest BCUT2D eigenvalue weighted by atomic mass is 9.76. The molecule has 0 heterocycles. The molecule has 0 aromatic heterocycles. The van der Waals surface area contributed by atoms with Gasteiger partial charge in [-0.1, -0.05) is 12.9 Å². The van der Waals surface area contributed by atoms with Crippen LogP contribution in [0, 0.1) is 0 Å². The van der Waals surface area contributed by atoms with Crippen LogP contribution in [0.2, 0.25) is 0 Å². The topological polar surface area (TPSA) is 49.7 Å². The third kappa shape index (κ3) is 2.23. The quantitative estimate of drug-likeness (QED) is 0.648. The summed E-state index contributed by atoms with van der Waals surface area (Å²) in [5, 5.41) is 18.4. The summed E-state index contributed by atoms with van der Waals surface area (Å²) < 4.78 is 41.6. The largest absolute Gasteiger partial charge is 0.497 e. The maximum absolute atomic E-state index is 9.20. The van der Waals surface area contributed by atoms with Gasteiger partial charge in [0.2, 0.25) is 0 Å². The normalized spacial score (nSPS) is 17.6. The predicted octanol–water partition coefficient (Wildman–Crippen LogP) is -0.0626. The van der Waals surface area contributed by atoms with Crippen molar-refractivity contribution in [1.82, 2.24) is 0 Å². The Hall–Kier alpha value is -0.995. The van der Waals surface area contributed by atoms with Gasteiger partial charge in [-0.3, -0.25) is 0 Å². The van der Waals surface area contributed by atoms with E-state index in [1.54, 1.807) is 0 Å². The lowest BCUT2D eigenvalue weighted by Gasteiger charge is -2.08. The van der Waals surface area contributed by atoms with Crippen LogP contribution in [0.5, 0.6) is 5.75 Å². The van der Waals surface area contributed by atoms with Gasteiger partial charge in [0, 0.05) is 6.85 Å². The number of benzene rings is 1. The van der Waals surface area contributed by atoms with E-state index in [2.05, 4.69) is 0 Å². The lowest BCUT2D eigenvalue weighted by Crippen LogP contribution is -2.32. The monoisotopic (exact) mass is 185 g/mol. The Morgan fingerprint density at radius 3 is 2.92 bits per heavy atom. The van der Waals surface area contributed by atoms with Gasteiger partial charge >= 0.3 is 7.12 Å². The summed E-state index contributed by atoms with van der Waals surface area (Å²) in [6.07, 6.45) is -2.68. The Labute approximate surface area is 85.1 Å². The molecule has 0 aliphatic rings. The molecule has 1 aromatic rings. The van der Waals surface area contributed by atoms with Gasteiger partial charge < -0.3 is 14.8 Å². The van der Waals surface area contributed by atoms with E-state index in [4.69, 9.17) is 11.6 Å². The molecular weight excluding hydrogens is 167 g/mol. The van der Waals surface area contributed by atoms with Crippen LogP contribution in [-0.4, -0.2) is 24.3 Å². The number of aryl methyl sites for hydroxylation is 1. The van der Waals surface area contributed by atoms with Gasteiger partial charge in [0.25, 0.3) is 0 Å². The van der Waals surface area contributed by atoms with Crippen molar-refractivity contribution >= 4 is 12.6 Å². The van der Waals surface area contributed by atoms with Gasteiger partial charge in [0.1, 0.15) is 5.75 Å². The highest BCUT2D eigenvalue weighted by Gasteiger charge is 2.15.